The highest BCUT2D eigenvalue weighted by atomic mass is 35.5. The van der Waals surface area contributed by atoms with E-state index in [1.807, 2.05) is 12.1 Å². The van der Waals surface area contributed by atoms with E-state index in [2.05, 4.69) is 27.9 Å². The number of halogens is 1. The molecule has 16 heavy (non-hydrogen) atoms. The number of nitrogens with zero attached hydrogens (tertiary/aromatic N) is 2. The van der Waals surface area contributed by atoms with Gasteiger partial charge in [-0.3, -0.25) is 0 Å². The van der Waals surface area contributed by atoms with Crippen LogP contribution in [0, 0.1) is 0 Å². The molecule has 1 atom stereocenters. The van der Waals surface area contributed by atoms with Crippen molar-refractivity contribution in [2.75, 3.05) is 13.1 Å². The molecule has 3 rings (SSSR count). The van der Waals surface area contributed by atoms with Crippen LogP contribution in [0.2, 0.25) is 5.02 Å². The van der Waals surface area contributed by atoms with Crippen LogP contribution in [0.15, 0.2) is 18.2 Å². The molecule has 0 fully saturated rings. The Morgan fingerprint density at radius 1 is 1.50 bits per heavy atom. The molecule has 2 heterocycles. The van der Waals surface area contributed by atoms with Crippen LogP contribution in [0.4, 0.5) is 0 Å². The van der Waals surface area contributed by atoms with Gasteiger partial charge in [-0.25, -0.2) is 4.98 Å². The van der Waals surface area contributed by atoms with E-state index in [1.54, 1.807) is 0 Å². The van der Waals surface area contributed by atoms with Crippen molar-refractivity contribution in [2.45, 2.75) is 19.4 Å². The van der Waals surface area contributed by atoms with Gasteiger partial charge < -0.3 is 9.88 Å². The summed E-state index contributed by atoms with van der Waals surface area (Å²) in [4.78, 5) is 4.66. The van der Waals surface area contributed by atoms with E-state index in [0.717, 1.165) is 35.9 Å². The van der Waals surface area contributed by atoms with E-state index in [4.69, 9.17) is 11.6 Å². The third kappa shape index (κ3) is 1.51. The quantitative estimate of drug-likeness (QED) is 0.760. The fourth-order valence-corrected chi connectivity index (χ4v) is 2.56. The van der Waals surface area contributed by atoms with Crippen molar-refractivity contribution in [1.29, 1.82) is 0 Å². The molecule has 1 unspecified atom stereocenters. The van der Waals surface area contributed by atoms with Gasteiger partial charge in [-0.1, -0.05) is 11.6 Å². The number of imidazole rings is 1. The number of fused-ring (bicyclic) bond motifs is 3. The van der Waals surface area contributed by atoms with E-state index in [0.29, 0.717) is 6.04 Å². The zero-order chi connectivity index (χ0) is 11.1. The molecule has 1 N–H and O–H groups in total. The van der Waals surface area contributed by atoms with Gasteiger partial charge in [-0.05, 0) is 25.1 Å². The molecule has 0 radical (unpaired) electrons. The molecule has 1 aliphatic rings. The number of benzene rings is 1. The third-order valence-electron chi connectivity index (χ3n) is 3.13. The summed E-state index contributed by atoms with van der Waals surface area (Å²) in [5.41, 5.74) is 2.20. The van der Waals surface area contributed by atoms with E-state index in [1.165, 1.54) is 5.52 Å². The van der Waals surface area contributed by atoms with Gasteiger partial charge in [0.15, 0.2) is 0 Å². The molecule has 0 spiro atoms. The standard InChI is InChI=1S/C12H14ClN3/c1-8-7-14-5-4-12-15-10-6-9(13)2-3-11(10)16(8)12/h2-3,6,8,14H,4-5,7H2,1H3. The maximum Gasteiger partial charge on any atom is 0.111 e. The van der Waals surface area contributed by atoms with Crippen LogP contribution in [0.3, 0.4) is 0 Å². The molecule has 4 heteroatoms. The van der Waals surface area contributed by atoms with Gasteiger partial charge in [0, 0.05) is 30.6 Å². The number of aromatic nitrogens is 2. The van der Waals surface area contributed by atoms with Crippen LogP contribution < -0.4 is 5.32 Å². The Balaban J connectivity index is 2.26. The molecule has 1 aliphatic heterocycles. The van der Waals surface area contributed by atoms with Gasteiger partial charge >= 0.3 is 0 Å². The van der Waals surface area contributed by atoms with Crippen molar-refractivity contribution in [1.82, 2.24) is 14.9 Å². The van der Waals surface area contributed by atoms with Gasteiger partial charge in [0.1, 0.15) is 5.82 Å². The van der Waals surface area contributed by atoms with Crippen molar-refractivity contribution in [2.24, 2.45) is 0 Å². The van der Waals surface area contributed by atoms with Crippen LogP contribution >= 0.6 is 11.6 Å². The van der Waals surface area contributed by atoms with E-state index in [-0.39, 0.29) is 0 Å². The van der Waals surface area contributed by atoms with Crippen LogP contribution in [-0.4, -0.2) is 22.6 Å². The monoisotopic (exact) mass is 235 g/mol. The second-order valence-corrected chi connectivity index (χ2v) is 4.77. The summed E-state index contributed by atoms with van der Waals surface area (Å²) in [6, 6.07) is 6.39. The molecule has 0 saturated heterocycles. The van der Waals surface area contributed by atoms with Gasteiger partial charge in [0.25, 0.3) is 0 Å². The first-order valence-electron chi connectivity index (χ1n) is 5.63. The highest BCUT2D eigenvalue weighted by molar-refractivity contribution is 6.31. The van der Waals surface area contributed by atoms with Crippen LogP contribution in [0.5, 0.6) is 0 Å². The summed E-state index contributed by atoms with van der Waals surface area (Å²) in [6.45, 7) is 4.22. The first kappa shape index (κ1) is 10.1. The molecular formula is C12H14ClN3. The lowest BCUT2D eigenvalue weighted by Gasteiger charge is -2.13. The van der Waals surface area contributed by atoms with Crippen molar-refractivity contribution in [3.05, 3.63) is 29.0 Å². The summed E-state index contributed by atoms with van der Waals surface area (Å²) in [5.74, 6) is 1.16. The van der Waals surface area contributed by atoms with Crippen molar-refractivity contribution in [3.8, 4) is 0 Å². The molecule has 84 valence electrons. The van der Waals surface area contributed by atoms with Crippen LogP contribution in [-0.2, 0) is 6.42 Å². The minimum Gasteiger partial charge on any atom is -0.324 e. The number of hydrogen-bond donors (Lipinski definition) is 1. The second kappa shape index (κ2) is 3.75. The first-order valence-corrected chi connectivity index (χ1v) is 6.00. The molecule has 1 aromatic carbocycles. The Morgan fingerprint density at radius 3 is 3.25 bits per heavy atom. The zero-order valence-corrected chi connectivity index (χ0v) is 9.96. The van der Waals surface area contributed by atoms with Gasteiger partial charge in [-0.2, -0.15) is 0 Å². The minimum absolute atomic E-state index is 0.448. The topological polar surface area (TPSA) is 29.9 Å². The maximum atomic E-state index is 5.99. The predicted octanol–water partition coefficient (Wildman–Crippen LogP) is 2.40. The normalized spacial score (nSPS) is 20.8. The summed E-state index contributed by atoms with van der Waals surface area (Å²) < 4.78 is 2.33. The molecule has 0 saturated carbocycles. The van der Waals surface area contributed by atoms with E-state index < -0.39 is 0 Å². The molecule has 0 bridgehead atoms. The fraction of sp³-hybridized carbons (Fsp3) is 0.417. The third-order valence-corrected chi connectivity index (χ3v) is 3.37. The second-order valence-electron chi connectivity index (χ2n) is 4.33. The molecule has 0 amide bonds. The zero-order valence-electron chi connectivity index (χ0n) is 9.20. The van der Waals surface area contributed by atoms with Crippen molar-refractivity contribution < 1.29 is 0 Å². The number of hydrogen-bond acceptors (Lipinski definition) is 2. The average molecular weight is 236 g/mol. The van der Waals surface area contributed by atoms with Gasteiger partial charge in [-0.15, -0.1) is 0 Å². The lowest BCUT2D eigenvalue weighted by atomic mass is 10.2. The SMILES string of the molecule is CC1CNCCc2nc3cc(Cl)ccc3n21. The predicted molar refractivity (Wildman–Crippen MR) is 66.0 cm³/mol. The summed E-state index contributed by atoms with van der Waals surface area (Å²) in [7, 11) is 0. The smallest absolute Gasteiger partial charge is 0.111 e. The Labute approximate surface area is 99.4 Å². The largest absolute Gasteiger partial charge is 0.324 e. The highest BCUT2D eigenvalue weighted by Gasteiger charge is 2.18. The molecule has 3 nitrogen and oxygen atoms in total. The Bertz CT molecular complexity index is 532. The molecular weight excluding hydrogens is 222 g/mol. The Kier molecular flexibility index (Phi) is 2.37. The van der Waals surface area contributed by atoms with Gasteiger partial charge in [0.05, 0.1) is 11.0 Å². The first-order chi connectivity index (χ1) is 7.75. The molecule has 1 aromatic heterocycles. The number of nitrogens with one attached hydrogen (secondary N) is 1. The summed E-state index contributed by atoms with van der Waals surface area (Å²) in [6.07, 6.45) is 0.983. The molecule has 0 aliphatic carbocycles. The van der Waals surface area contributed by atoms with Crippen molar-refractivity contribution >= 4 is 22.6 Å². The van der Waals surface area contributed by atoms with E-state index >= 15 is 0 Å². The average Bonchev–Trinajstić information content (AvgIpc) is 2.51. The van der Waals surface area contributed by atoms with Crippen molar-refractivity contribution in [3.63, 3.8) is 0 Å². The van der Waals surface area contributed by atoms with Gasteiger partial charge in [0.2, 0.25) is 0 Å². The minimum atomic E-state index is 0.448. The Hall–Kier alpha value is -1.06. The maximum absolute atomic E-state index is 5.99. The van der Waals surface area contributed by atoms with E-state index in [9.17, 15) is 0 Å². The lowest BCUT2D eigenvalue weighted by Crippen LogP contribution is -2.20. The summed E-state index contributed by atoms with van der Waals surface area (Å²) >= 11 is 5.99. The summed E-state index contributed by atoms with van der Waals surface area (Å²) in [5, 5.41) is 4.18. The highest BCUT2D eigenvalue weighted by Crippen LogP contribution is 2.25. The number of rotatable bonds is 0. The fourth-order valence-electron chi connectivity index (χ4n) is 2.39. The molecule has 2 aromatic rings. The van der Waals surface area contributed by atoms with Crippen LogP contribution in [0.25, 0.3) is 11.0 Å². The lowest BCUT2D eigenvalue weighted by molar-refractivity contribution is 0.533. The Morgan fingerprint density at radius 2 is 2.38 bits per heavy atom. The van der Waals surface area contributed by atoms with Crippen LogP contribution in [0.1, 0.15) is 18.8 Å².